The molecule has 1 aromatic heterocycles. The van der Waals surface area contributed by atoms with Crippen molar-refractivity contribution < 1.29 is 19.5 Å². The number of carbonyl (C=O) groups is 2. The van der Waals surface area contributed by atoms with E-state index < -0.39 is 11.9 Å². The zero-order valence-corrected chi connectivity index (χ0v) is 16.6. The number of carboxylic acid groups (broad SMARTS) is 1. The van der Waals surface area contributed by atoms with Gasteiger partial charge in [-0.2, -0.15) is 0 Å². The lowest BCUT2D eigenvalue weighted by Gasteiger charge is -2.25. The summed E-state index contributed by atoms with van der Waals surface area (Å²) in [5.41, 5.74) is 1.71. The molecule has 0 spiro atoms. The molecule has 0 atom stereocenters. The lowest BCUT2D eigenvalue weighted by atomic mass is 10.1. The minimum atomic E-state index is -1.35. The first kappa shape index (κ1) is 20.3. The van der Waals surface area contributed by atoms with Crippen LogP contribution in [0.3, 0.4) is 0 Å². The van der Waals surface area contributed by atoms with Crippen molar-refractivity contribution in [1.29, 1.82) is 0 Å². The Labute approximate surface area is 172 Å². The molecule has 0 aliphatic rings. The SMILES string of the molecule is C/C(=N/OCC(=O)N(Cc1ccccc1)c1ccccc1C(=O)[O-])c1cccs1. The first-order valence-corrected chi connectivity index (χ1v) is 9.79. The number of nitrogens with zero attached hydrogens (tertiary/aromatic N) is 2. The van der Waals surface area contributed by atoms with Crippen LogP contribution in [0.1, 0.15) is 27.7 Å². The van der Waals surface area contributed by atoms with E-state index in [1.54, 1.807) is 25.1 Å². The van der Waals surface area contributed by atoms with Gasteiger partial charge in [-0.05, 0) is 30.0 Å². The normalized spacial score (nSPS) is 11.1. The molecule has 0 fully saturated rings. The van der Waals surface area contributed by atoms with Gasteiger partial charge in [0.2, 0.25) is 0 Å². The lowest BCUT2D eigenvalue weighted by Crippen LogP contribution is -2.35. The van der Waals surface area contributed by atoms with Gasteiger partial charge in [-0.3, -0.25) is 4.79 Å². The largest absolute Gasteiger partial charge is 0.545 e. The van der Waals surface area contributed by atoms with Crippen molar-refractivity contribution in [3.8, 4) is 0 Å². The Bertz CT molecular complexity index is 1000. The average molecular weight is 407 g/mol. The maximum absolute atomic E-state index is 12.9. The molecule has 0 aliphatic carbocycles. The standard InChI is InChI=1S/C22H20N2O4S/c1-16(20-12-7-13-29-20)23-28-15-21(25)24(14-17-8-3-2-4-9-17)19-11-6-5-10-18(19)22(26)27/h2-13H,14-15H2,1H3,(H,26,27)/p-1/b23-16-. The van der Waals surface area contributed by atoms with E-state index >= 15 is 0 Å². The predicted molar refractivity (Wildman–Crippen MR) is 111 cm³/mol. The Hall–Kier alpha value is -3.45. The van der Waals surface area contributed by atoms with Gasteiger partial charge in [-0.15, -0.1) is 11.3 Å². The summed E-state index contributed by atoms with van der Waals surface area (Å²) >= 11 is 1.52. The molecule has 0 unspecified atom stereocenters. The highest BCUT2D eigenvalue weighted by molar-refractivity contribution is 7.12. The van der Waals surface area contributed by atoms with Crippen LogP contribution in [0.4, 0.5) is 5.69 Å². The molecule has 29 heavy (non-hydrogen) atoms. The number of thiophene rings is 1. The molecule has 0 aliphatic heterocycles. The zero-order chi connectivity index (χ0) is 20.6. The van der Waals surface area contributed by atoms with Crippen LogP contribution < -0.4 is 10.0 Å². The molecule has 3 rings (SSSR count). The van der Waals surface area contributed by atoms with Gasteiger partial charge in [0.25, 0.3) is 5.91 Å². The van der Waals surface area contributed by atoms with Gasteiger partial charge in [0.15, 0.2) is 6.61 Å². The monoisotopic (exact) mass is 407 g/mol. The molecule has 0 saturated heterocycles. The maximum Gasteiger partial charge on any atom is 0.268 e. The number of benzene rings is 2. The molecule has 148 valence electrons. The van der Waals surface area contributed by atoms with Crippen molar-refractivity contribution in [3.05, 3.63) is 88.1 Å². The molecular formula is C22H19N2O4S-. The third-order valence-electron chi connectivity index (χ3n) is 4.17. The Kier molecular flexibility index (Phi) is 6.76. The van der Waals surface area contributed by atoms with Crippen LogP contribution in [0.5, 0.6) is 0 Å². The number of carbonyl (C=O) groups excluding carboxylic acids is 2. The van der Waals surface area contributed by atoms with Crippen LogP contribution in [0, 0.1) is 0 Å². The molecule has 0 radical (unpaired) electrons. The van der Waals surface area contributed by atoms with Crippen LogP contribution >= 0.6 is 11.3 Å². The summed E-state index contributed by atoms with van der Waals surface area (Å²) in [6, 6.07) is 19.4. The third kappa shape index (κ3) is 5.30. The number of aromatic carboxylic acids is 1. The highest BCUT2D eigenvalue weighted by Crippen LogP contribution is 2.22. The van der Waals surface area contributed by atoms with Crippen molar-refractivity contribution in [2.24, 2.45) is 5.16 Å². The van der Waals surface area contributed by atoms with Crippen LogP contribution in [0.25, 0.3) is 0 Å². The van der Waals surface area contributed by atoms with Crippen LogP contribution in [-0.4, -0.2) is 24.2 Å². The highest BCUT2D eigenvalue weighted by atomic mass is 32.1. The van der Waals surface area contributed by atoms with Crippen molar-refractivity contribution in [3.63, 3.8) is 0 Å². The molecule has 2 aromatic carbocycles. The molecule has 1 amide bonds. The second-order valence-corrected chi connectivity index (χ2v) is 7.15. The quantitative estimate of drug-likeness (QED) is 0.424. The molecular weight excluding hydrogens is 388 g/mol. The second-order valence-electron chi connectivity index (χ2n) is 6.20. The molecule has 1 heterocycles. The number of amides is 1. The average Bonchev–Trinajstić information content (AvgIpc) is 3.27. The first-order valence-electron chi connectivity index (χ1n) is 8.91. The number of hydrogen-bond acceptors (Lipinski definition) is 6. The minimum Gasteiger partial charge on any atom is -0.545 e. The minimum absolute atomic E-state index is 0.0601. The number of oxime groups is 1. The van der Waals surface area contributed by atoms with Crippen molar-refractivity contribution in [2.45, 2.75) is 13.5 Å². The lowest BCUT2D eigenvalue weighted by molar-refractivity contribution is -0.254. The summed E-state index contributed by atoms with van der Waals surface area (Å²) in [4.78, 5) is 32.0. The van der Waals surface area contributed by atoms with E-state index in [0.717, 1.165) is 10.4 Å². The van der Waals surface area contributed by atoms with Crippen molar-refractivity contribution in [2.75, 3.05) is 11.5 Å². The summed E-state index contributed by atoms with van der Waals surface area (Å²) in [6.45, 7) is 1.67. The van der Waals surface area contributed by atoms with Crippen molar-refractivity contribution in [1.82, 2.24) is 0 Å². The third-order valence-corrected chi connectivity index (χ3v) is 5.15. The van der Waals surface area contributed by atoms with E-state index in [1.165, 1.54) is 22.3 Å². The van der Waals surface area contributed by atoms with Crippen LogP contribution in [0.2, 0.25) is 0 Å². The van der Waals surface area contributed by atoms with E-state index in [9.17, 15) is 14.7 Å². The number of hydrogen-bond donors (Lipinski definition) is 0. The Balaban J connectivity index is 1.82. The van der Waals surface area contributed by atoms with Gasteiger partial charge in [0, 0.05) is 5.56 Å². The van der Waals surface area contributed by atoms with E-state index in [2.05, 4.69) is 5.16 Å². The van der Waals surface area contributed by atoms with Crippen LogP contribution in [0.15, 0.2) is 77.3 Å². The topological polar surface area (TPSA) is 82.0 Å². The van der Waals surface area contributed by atoms with Gasteiger partial charge in [0.1, 0.15) is 0 Å². The smallest absolute Gasteiger partial charge is 0.268 e. The van der Waals surface area contributed by atoms with Gasteiger partial charge in [-0.25, -0.2) is 0 Å². The van der Waals surface area contributed by atoms with Gasteiger partial charge in [0.05, 0.1) is 28.8 Å². The van der Waals surface area contributed by atoms with Crippen LogP contribution in [-0.2, 0) is 16.2 Å². The molecule has 3 aromatic rings. The Morgan fingerprint density at radius 1 is 1.03 bits per heavy atom. The van der Waals surface area contributed by atoms with Gasteiger partial charge >= 0.3 is 0 Å². The molecule has 7 heteroatoms. The summed E-state index contributed by atoms with van der Waals surface area (Å²) in [5.74, 6) is -1.76. The van der Waals surface area contributed by atoms with E-state index in [4.69, 9.17) is 4.84 Å². The molecule has 0 N–H and O–H groups in total. The summed E-state index contributed by atoms with van der Waals surface area (Å²) in [6.07, 6.45) is 0. The first-order chi connectivity index (χ1) is 14.1. The number of para-hydroxylation sites is 1. The summed E-state index contributed by atoms with van der Waals surface area (Å²) < 4.78 is 0. The molecule has 0 bridgehead atoms. The second kappa shape index (κ2) is 9.66. The van der Waals surface area contributed by atoms with E-state index in [0.29, 0.717) is 5.71 Å². The molecule has 0 saturated carbocycles. The summed E-state index contributed by atoms with van der Waals surface area (Å²) in [5, 5.41) is 17.5. The van der Waals surface area contributed by atoms with Gasteiger partial charge < -0.3 is 19.6 Å². The number of anilines is 1. The molecule has 6 nitrogen and oxygen atoms in total. The predicted octanol–water partition coefficient (Wildman–Crippen LogP) is 3.09. The zero-order valence-electron chi connectivity index (χ0n) is 15.8. The highest BCUT2D eigenvalue weighted by Gasteiger charge is 2.20. The fraction of sp³-hybridized carbons (Fsp3) is 0.136. The maximum atomic E-state index is 12.9. The summed E-state index contributed by atoms with van der Waals surface area (Å²) in [7, 11) is 0. The van der Waals surface area contributed by atoms with Crippen molar-refractivity contribution >= 4 is 34.6 Å². The van der Waals surface area contributed by atoms with Gasteiger partial charge in [-0.1, -0.05) is 59.8 Å². The number of rotatable bonds is 8. The van der Waals surface area contributed by atoms with E-state index in [1.807, 2.05) is 47.8 Å². The Morgan fingerprint density at radius 3 is 2.45 bits per heavy atom. The number of carboxylic acids is 1. The fourth-order valence-corrected chi connectivity index (χ4v) is 3.42. The van der Waals surface area contributed by atoms with E-state index in [-0.39, 0.29) is 24.4 Å². The fourth-order valence-electron chi connectivity index (χ4n) is 2.75. The Morgan fingerprint density at radius 2 is 1.76 bits per heavy atom.